The van der Waals surface area contributed by atoms with Crippen molar-refractivity contribution in [2.45, 2.75) is 32.7 Å². The Bertz CT molecular complexity index is 348. The van der Waals surface area contributed by atoms with Crippen LogP contribution in [0.2, 0.25) is 5.22 Å². The van der Waals surface area contributed by atoms with E-state index in [0.717, 1.165) is 24.9 Å². The number of nitrogens with one attached hydrogen (secondary N) is 1. The molecule has 0 aliphatic carbocycles. The van der Waals surface area contributed by atoms with Crippen LogP contribution in [-0.4, -0.2) is 6.54 Å². The lowest BCUT2D eigenvalue weighted by molar-refractivity contribution is 0.522. The van der Waals surface area contributed by atoms with Crippen LogP contribution in [0.15, 0.2) is 16.7 Å². The molecule has 0 radical (unpaired) electrons. The van der Waals surface area contributed by atoms with Crippen molar-refractivity contribution in [3.63, 3.8) is 0 Å². The summed E-state index contributed by atoms with van der Waals surface area (Å²) in [6, 6.07) is 2.07. The molecule has 82 valence electrons. The van der Waals surface area contributed by atoms with Crippen molar-refractivity contribution >= 4 is 11.6 Å². The van der Waals surface area contributed by atoms with Crippen LogP contribution in [0.25, 0.3) is 0 Å². The SMILES string of the molecule is CC#CCC(NCCC)c1ccoc1Cl. The average molecular weight is 226 g/mol. The number of rotatable bonds is 5. The molecule has 3 heteroatoms. The van der Waals surface area contributed by atoms with Crippen LogP contribution in [0.4, 0.5) is 0 Å². The molecule has 1 aromatic heterocycles. The van der Waals surface area contributed by atoms with E-state index < -0.39 is 0 Å². The second-order valence-electron chi connectivity index (χ2n) is 3.29. The molecule has 0 aliphatic heterocycles. The summed E-state index contributed by atoms with van der Waals surface area (Å²) in [5, 5.41) is 3.86. The standard InChI is InChI=1S/C12H16ClNO/c1-3-5-6-11(14-8-4-2)10-7-9-15-12(10)13/h7,9,11,14H,4,6,8H2,1-2H3. The zero-order chi connectivity index (χ0) is 11.1. The van der Waals surface area contributed by atoms with Gasteiger partial charge in [0.05, 0.1) is 6.26 Å². The largest absolute Gasteiger partial charge is 0.453 e. The molecule has 0 saturated heterocycles. The molecule has 0 fully saturated rings. The maximum Gasteiger partial charge on any atom is 0.197 e. The molecular weight excluding hydrogens is 210 g/mol. The minimum atomic E-state index is 0.170. The Morgan fingerprint density at radius 2 is 2.40 bits per heavy atom. The Labute approximate surface area is 96.0 Å². The van der Waals surface area contributed by atoms with Gasteiger partial charge in [0.15, 0.2) is 5.22 Å². The first kappa shape index (κ1) is 12.2. The summed E-state index contributed by atoms with van der Waals surface area (Å²) in [5.41, 5.74) is 0.993. The monoisotopic (exact) mass is 225 g/mol. The fourth-order valence-corrected chi connectivity index (χ4v) is 1.61. The third kappa shape index (κ3) is 3.62. The molecule has 1 N–H and O–H groups in total. The first-order valence-electron chi connectivity index (χ1n) is 5.15. The van der Waals surface area contributed by atoms with E-state index in [0.29, 0.717) is 5.22 Å². The maximum atomic E-state index is 5.94. The second kappa shape index (κ2) is 6.55. The number of hydrogen-bond acceptors (Lipinski definition) is 2. The molecule has 0 aliphatic rings. The second-order valence-corrected chi connectivity index (χ2v) is 3.63. The maximum absolute atomic E-state index is 5.94. The quantitative estimate of drug-likeness (QED) is 0.778. The first-order chi connectivity index (χ1) is 7.29. The van der Waals surface area contributed by atoms with Gasteiger partial charge < -0.3 is 9.73 Å². The first-order valence-corrected chi connectivity index (χ1v) is 5.53. The minimum absolute atomic E-state index is 0.170. The van der Waals surface area contributed by atoms with Crippen LogP contribution >= 0.6 is 11.6 Å². The Kier molecular flexibility index (Phi) is 5.31. The normalized spacial score (nSPS) is 11.9. The van der Waals surface area contributed by atoms with Gasteiger partial charge in [0.25, 0.3) is 0 Å². The predicted molar refractivity (Wildman–Crippen MR) is 62.8 cm³/mol. The van der Waals surface area contributed by atoms with Crippen molar-refractivity contribution < 1.29 is 4.42 Å². The van der Waals surface area contributed by atoms with Crippen molar-refractivity contribution in [3.05, 3.63) is 23.1 Å². The molecule has 2 nitrogen and oxygen atoms in total. The Hall–Kier alpha value is -0.910. The Balaban J connectivity index is 2.70. The zero-order valence-corrected chi connectivity index (χ0v) is 9.90. The van der Waals surface area contributed by atoms with Gasteiger partial charge in [-0.25, -0.2) is 0 Å². The summed E-state index contributed by atoms with van der Waals surface area (Å²) < 4.78 is 5.08. The van der Waals surface area contributed by atoms with Gasteiger partial charge in [-0.2, -0.15) is 0 Å². The lowest BCUT2D eigenvalue weighted by Crippen LogP contribution is -2.21. The number of halogens is 1. The van der Waals surface area contributed by atoms with E-state index in [1.807, 2.05) is 13.0 Å². The summed E-state index contributed by atoms with van der Waals surface area (Å²) in [5.74, 6) is 5.95. The van der Waals surface area contributed by atoms with E-state index >= 15 is 0 Å². The van der Waals surface area contributed by atoms with Crippen LogP contribution in [0.1, 0.15) is 38.3 Å². The van der Waals surface area contributed by atoms with Crippen molar-refractivity contribution in [1.82, 2.24) is 5.32 Å². The highest BCUT2D eigenvalue weighted by molar-refractivity contribution is 6.29. The van der Waals surface area contributed by atoms with Crippen molar-refractivity contribution in [2.24, 2.45) is 0 Å². The molecule has 1 rings (SSSR count). The minimum Gasteiger partial charge on any atom is -0.453 e. The highest BCUT2D eigenvalue weighted by Gasteiger charge is 2.14. The van der Waals surface area contributed by atoms with Crippen LogP contribution < -0.4 is 5.32 Å². The fourth-order valence-electron chi connectivity index (χ4n) is 1.37. The van der Waals surface area contributed by atoms with E-state index in [1.165, 1.54) is 0 Å². The summed E-state index contributed by atoms with van der Waals surface area (Å²) in [6.07, 6.45) is 3.46. The molecule has 0 bridgehead atoms. The van der Waals surface area contributed by atoms with E-state index in [9.17, 15) is 0 Å². The number of hydrogen-bond donors (Lipinski definition) is 1. The fraction of sp³-hybridized carbons (Fsp3) is 0.500. The predicted octanol–water partition coefficient (Wildman–Crippen LogP) is 3.39. The smallest absolute Gasteiger partial charge is 0.197 e. The molecule has 15 heavy (non-hydrogen) atoms. The van der Waals surface area contributed by atoms with Crippen molar-refractivity contribution in [2.75, 3.05) is 6.54 Å². The van der Waals surface area contributed by atoms with Crippen LogP contribution in [0.5, 0.6) is 0 Å². The topological polar surface area (TPSA) is 25.2 Å². The molecule has 0 aromatic carbocycles. The lowest BCUT2D eigenvalue weighted by atomic mass is 10.1. The van der Waals surface area contributed by atoms with Gasteiger partial charge in [-0.3, -0.25) is 0 Å². The van der Waals surface area contributed by atoms with Gasteiger partial charge >= 0.3 is 0 Å². The zero-order valence-electron chi connectivity index (χ0n) is 9.14. The number of furan rings is 1. The Morgan fingerprint density at radius 1 is 1.60 bits per heavy atom. The molecule has 1 heterocycles. The van der Waals surface area contributed by atoms with Gasteiger partial charge in [0.2, 0.25) is 0 Å². The highest BCUT2D eigenvalue weighted by Crippen LogP contribution is 2.25. The van der Waals surface area contributed by atoms with E-state index in [2.05, 4.69) is 24.1 Å². The van der Waals surface area contributed by atoms with Crippen molar-refractivity contribution in [1.29, 1.82) is 0 Å². The molecule has 0 amide bonds. The molecule has 1 unspecified atom stereocenters. The van der Waals surface area contributed by atoms with Gasteiger partial charge in [-0.05, 0) is 37.6 Å². The van der Waals surface area contributed by atoms with Gasteiger partial charge in [-0.15, -0.1) is 11.8 Å². The van der Waals surface area contributed by atoms with E-state index in [1.54, 1.807) is 6.26 Å². The summed E-state index contributed by atoms with van der Waals surface area (Å²) >= 11 is 5.94. The van der Waals surface area contributed by atoms with E-state index in [4.69, 9.17) is 16.0 Å². The molecule has 1 aromatic rings. The summed E-state index contributed by atoms with van der Waals surface area (Å²) in [6.45, 7) is 4.93. The molecular formula is C12H16ClNO. The Morgan fingerprint density at radius 3 is 2.93 bits per heavy atom. The average Bonchev–Trinajstić information content (AvgIpc) is 2.65. The van der Waals surface area contributed by atoms with Crippen molar-refractivity contribution in [3.8, 4) is 11.8 Å². The van der Waals surface area contributed by atoms with Crippen LogP contribution in [0, 0.1) is 11.8 Å². The van der Waals surface area contributed by atoms with Gasteiger partial charge in [0.1, 0.15) is 0 Å². The van der Waals surface area contributed by atoms with E-state index in [-0.39, 0.29) is 6.04 Å². The molecule has 0 spiro atoms. The van der Waals surface area contributed by atoms with Crippen LogP contribution in [0.3, 0.4) is 0 Å². The summed E-state index contributed by atoms with van der Waals surface area (Å²) in [7, 11) is 0. The van der Waals surface area contributed by atoms with Gasteiger partial charge in [0, 0.05) is 18.0 Å². The van der Waals surface area contributed by atoms with Gasteiger partial charge in [-0.1, -0.05) is 6.92 Å². The molecule has 1 atom stereocenters. The summed E-state index contributed by atoms with van der Waals surface area (Å²) in [4.78, 5) is 0. The molecule has 0 saturated carbocycles. The third-order valence-corrected chi connectivity index (χ3v) is 2.45. The third-order valence-electron chi connectivity index (χ3n) is 2.15. The highest BCUT2D eigenvalue weighted by atomic mass is 35.5. The lowest BCUT2D eigenvalue weighted by Gasteiger charge is -2.14. The van der Waals surface area contributed by atoms with Crippen LogP contribution in [-0.2, 0) is 0 Å².